The summed E-state index contributed by atoms with van der Waals surface area (Å²) in [6.07, 6.45) is -0.220. The number of hydrogen-bond donors (Lipinski definition) is 1. The molecule has 0 saturated heterocycles. The van der Waals surface area contributed by atoms with Crippen molar-refractivity contribution < 1.29 is 9.50 Å². The first-order valence-electron chi connectivity index (χ1n) is 5.44. The first-order chi connectivity index (χ1) is 8.56. The zero-order chi connectivity index (χ0) is 13.1. The monoisotopic (exact) mass is 328 g/mol. The number of aliphatic hydroxyl groups is 1. The number of aliphatic hydroxyl groups excluding tert-OH is 1. The standard InChI is InChI=1S/C14H11BrClFO/c15-13-8-10(16)3-6-12(13)14(18)7-9-1-4-11(17)5-2-9/h1-6,8,14,18H,7H2. The van der Waals surface area contributed by atoms with Gasteiger partial charge in [-0.1, -0.05) is 45.7 Å². The first kappa shape index (κ1) is 13.5. The van der Waals surface area contributed by atoms with Gasteiger partial charge in [-0.15, -0.1) is 0 Å². The molecule has 1 N–H and O–H groups in total. The molecule has 0 radical (unpaired) electrons. The van der Waals surface area contributed by atoms with E-state index in [0.29, 0.717) is 11.4 Å². The molecule has 0 fully saturated rings. The van der Waals surface area contributed by atoms with Crippen LogP contribution in [0.1, 0.15) is 17.2 Å². The van der Waals surface area contributed by atoms with Gasteiger partial charge in [0.05, 0.1) is 6.10 Å². The molecule has 1 atom stereocenters. The van der Waals surface area contributed by atoms with E-state index in [1.807, 2.05) is 0 Å². The van der Waals surface area contributed by atoms with Gasteiger partial charge < -0.3 is 5.11 Å². The fourth-order valence-electron chi connectivity index (χ4n) is 1.73. The fourth-order valence-corrected chi connectivity index (χ4v) is 2.67. The van der Waals surface area contributed by atoms with Crippen LogP contribution in [0.15, 0.2) is 46.9 Å². The minimum absolute atomic E-state index is 0.277. The lowest BCUT2D eigenvalue weighted by Gasteiger charge is -2.13. The van der Waals surface area contributed by atoms with E-state index in [0.717, 1.165) is 15.6 Å². The molecule has 18 heavy (non-hydrogen) atoms. The molecule has 94 valence electrons. The Hall–Kier alpha value is -0.900. The molecular formula is C14H11BrClFO. The van der Waals surface area contributed by atoms with Crippen molar-refractivity contribution in [3.8, 4) is 0 Å². The highest BCUT2D eigenvalue weighted by Crippen LogP contribution is 2.28. The van der Waals surface area contributed by atoms with Gasteiger partial charge in [-0.25, -0.2) is 4.39 Å². The summed E-state index contributed by atoms with van der Waals surface area (Å²) in [4.78, 5) is 0. The minimum Gasteiger partial charge on any atom is -0.388 e. The van der Waals surface area contributed by atoms with Crippen LogP contribution in [-0.4, -0.2) is 5.11 Å². The Morgan fingerprint density at radius 3 is 2.44 bits per heavy atom. The second kappa shape index (κ2) is 5.83. The molecule has 0 bridgehead atoms. The third kappa shape index (κ3) is 3.31. The molecular weight excluding hydrogens is 319 g/mol. The molecule has 1 unspecified atom stereocenters. The lowest BCUT2D eigenvalue weighted by atomic mass is 10.0. The normalized spacial score (nSPS) is 12.4. The zero-order valence-corrected chi connectivity index (χ0v) is 11.7. The Morgan fingerprint density at radius 1 is 1.17 bits per heavy atom. The summed E-state index contributed by atoms with van der Waals surface area (Å²) in [5.74, 6) is -0.277. The Balaban J connectivity index is 2.16. The lowest BCUT2D eigenvalue weighted by molar-refractivity contribution is 0.177. The second-order valence-corrected chi connectivity index (χ2v) is 5.30. The average molecular weight is 330 g/mol. The van der Waals surface area contributed by atoms with Crippen molar-refractivity contribution >= 4 is 27.5 Å². The maximum absolute atomic E-state index is 12.8. The van der Waals surface area contributed by atoms with Crippen LogP contribution in [0.2, 0.25) is 5.02 Å². The largest absolute Gasteiger partial charge is 0.388 e. The van der Waals surface area contributed by atoms with E-state index in [4.69, 9.17) is 11.6 Å². The molecule has 0 aliphatic carbocycles. The quantitative estimate of drug-likeness (QED) is 0.878. The molecule has 0 amide bonds. The minimum atomic E-state index is -0.651. The van der Waals surface area contributed by atoms with Crippen molar-refractivity contribution in [3.63, 3.8) is 0 Å². The zero-order valence-electron chi connectivity index (χ0n) is 9.41. The van der Waals surface area contributed by atoms with E-state index in [1.165, 1.54) is 12.1 Å². The van der Waals surface area contributed by atoms with E-state index in [1.54, 1.807) is 30.3 Å². The molecule has 4 heteroatoms. The van der Waals surface area contributed by atoms with E-state index in [2.05, 4.69) is 15.9 Å². The highest BCUT2D eigenvalue weighted by atomic mass is 79.9. The summed E-state index contributed by atoms with van der Waals surface area (Å²) >= 11 is 9.21. The van der Waals surface area contributed by atoms with E-state index in [-0.39, 0.29) is 5.82 Å². The summed E-state index contributed by atoms with van der Waals surface area (Å²) in [5.41, 5.74) is 1.65. The predicted molar refractivity (Wildman–Crippen MR) is 74.2 cm³/mol. The molecule has 0 heterocycles. The maximum Gasteiger partial charge on any atom is 0.123 e. The van der Waals surface area contributed by atoms with Crippen LogP contribution in [0.3, 0.4) is 0 Å². The van der Waals surface area contributed by atoms with Gasteiger partial charge in [-0.05, 0) is 35.4 Å². The number of benzene rings is 2. The van der Waals surface area contributed by atoms with Crippen LogP contribution in [0.4, 0.5) is 4.39 Å². The molecule has 0 saturated carbocycles. The SMILES string of the molecule is OC(Cc1ccc(F)cc1)c1ccc(Cl)cc1Br. The molecule has 0 aliphatic rings. The Kier molecular flexibility index (Phi) is 4.38. The van der Waals surface area contributed by atoms with Crippen molar-refractivity contribution in [3.05, 3.63) is 68.9 Å². The van der Waals surface area contributed by atoms with Crippen molar-refractivity contribution in [2.75, 3.05) is 0 Å². The van der Waals surface area contributed by atoms with E-state index >= 15 is 0 Å². The van der Waals surface area contributed by atoms with Gasteiger partial charge in [0.15, 0.2) is 0 Å². The highest BCUT2D eigenvalue weighted by molar-refractivity contribution is 9.10. The van der Waals surface area contributed by atoms with Gasteiger partial charge in [-0.2, -0.15) is 0 Å². The molecule has 0 aromatic heterocycles. The van der Waals surface area contributed by atoms with E-state index in [9.17, 15) is 9.50 Å². The van der Waals surface area contributed by atoms with Gasteiger partial charge in [0.1, 0.15) is 5.82 Å². The molecule has 0 aliphatic heterocycles. The highest BCUT2D eigenvalue weighted by Gasteiger charge is 2.12. The van der Waals surface area contributed by atoms with E-state index < -0.39 is 6.10 Å². The van der Waals surface area contributed by atoms with Gasteiger partial charge >= 0.3 is 0 Å². The summed E-state index contributed by atoms with van der Waals surface area (Å²) < 4.78 is 13.5. The Morgan fingerprint density at radius 2 is 1.83 bits per heavy atom. The van der Waals surface area contributed by atoms with Crippen LogP contribution in [0, 0.1) is 5.82 Å². The number of hydrogen-bond acceptors (Lipinski definition) is 1. The third-order valence-corrected chi connectivity index (χ3v) is 3.59. The Labute approximate surface area is 118 Å². The summed E-state index contributed by atoms with van der Waals surface area (Å²) in [7, 11) is 0. The van der Waals surface area contributed by atoms with Crippen molar-refractivity contribution in [2.45, 2.75) is 12.5 Å². The third-order valence-electron chi connectivity index (χ3n) is 2.66. The molecule has 0 spiro atoms. The summed E-state index contributed by atoms with van der Waals surface area (Å²) in [6.45, 7) is 0. The first-order valence-corrected chi connectivity index (χ1v) is 6.61. The van der Waals surface area contributed by atoms with Crippen molar-refractivity contribution in [1.82, 2.24) is 0 Å². The number of rotatable bonds is 3. The second-order valence-electron chi connectivity index (χ2n) is 4.01. The average Bonchev–Trinajstić information content (AvgIpc) is 2.32. The fraction of sp³-hybridized carbons (Fsp3) is 0.143. The van der Waals surface area contributed by atoms with Gasteiger partial charge in [0.2, 0.25) is 0 Å². The van der Waals surface area contributed by atoms with Crippen LogP contribution in [0.5, 0.6) is 0 Å². The van der Waals surface area contributed by atoms with Crippen LogP contribution < -0.4 is 0 Å². The molecule has 2 aromatic rings. The van der Waals surface area contributed by atoms with Gasteiger partial charge in [-0.3, -0.25) is 0 Å². The predicted octanol–water partition coefficient (Wildman–Crippen LogP) is 4.52. The Bertz CT molecular complexity index is 542. The molecule has 2 aromatic carbocycles. The topological polar surface area (TPSA) is 20.2 Å². The van der Waals surface area contributed by atoms with Gasteiger partial charge in [0.25, 0.3) is 0 Å². The van der Waals surface area contributed by atoms with Crippen molar-refractivity contribution in [2.24, 2.45) is 0 Å². The van der Waals surface area contributed by atoms with Crippen LogP contribution >= 0.6 is 27.5 Å². The maximum atomic E-state index is 12.8. The van der Waals surface area contributed by atoms with Crippen LogP contribution in [0.25, 0.3) is 0 Å². The molecule has 1 nitrogen and oxygen atoms in total. The summed E-state index contributed by atoms with van der Waals surface area (Å²) in [6, 6.07) is 11.4. The van der Waals surface area contributed by atoms with Gasteiger partial charge in [0, 0.05) is 15.9 Å². The number of halogens is 3. The van der Waals surface area contributed by atoms with Crippen molar-refractivity contribution in [1.29, 1.82) is 0 Å². The smallest absolute Gasteiger partial charge is 0.123 e. The lowest BCUT2D eigenvalue weighted by Crippen LogP contribution is -2.02. The molecule has 2 rings (SSSR count). The van der Waals surface area contributed by atoms with Crippen LogP contribution in [-0.2, 0) is 6.42 Å². The summed E-state index contributed by atoms with van der Waals surface area (Å²) in [5, 5.41) is 10.8.